The number of rotatable bonds is 5. The molecule has 0 fully saturated rings. The van der Waals surface area contributed by atoms with Gasteiger partial charge in [-0.25, -0.2) is 9.97 Å². The van der Waals surface area contributed by atoms with E-state index in [9.17, 15) is 4.79 Å². The molecule has 160 valence electrons. The number of aromatic amines is 1. The minimum absolute atomic E-state index is 0.101. The molecule has 0 atom stereocenters. The molecule has 0 radical (unpaired) electrons. The molecule has 0 spiro atoms. The van der Waals surface area contributed by atoms with Crippen molar-refractivity contribution in [3.05, 3.63) is 71.2 Å². The SMILES string of the molecule is CCc1nc(C)nc2c1CCC(=O)N2Cc1ccc(-c2ccccc2-c2nn[nH]n2)cc1. The number of nitrogens with zero attached hydrogens (tertiary/aromatic N) is 6. The molecule has 0 bridgehead atoms. The molecule has 0 unspecified atom stereocenters. The molecule has 0 aliphatic carbocycles. The standard InChI is InChI=1S/C24H23N7O/c1-3-21-20-12-13-22(32)31(24(20)26-15(2)25-21)14-16-8-10-17(11-9-16)18-6-4-5-7-19(18)23-27-29-30-28-23/h4-11H,3,12-14H2,1-2H3,(H,27,28,29,30). The summed E-state index contributed by atoms with van der Waals surface area (Å²) in [5.41, 5.74) is 6.17. The summed E-state index contributed by atoms with van der Waals surface area (Å²) in [7, 11) is 0. The summed E-state index contributed by atoms with van der Waals surface area (Å²) in [6.07, 6.45) is 2.03. The Hall–Kier alpha value is -3.94. The van der Waals surface area contributed by atoms with Crippen LogP contribution in [-0.2, 0) is 24.2 Å². The molecular weight excluding hydrogens is 402 g/mol. The van der Waals surface area contributed by atoms with Gasteiger partial charge < -0.3 is 0 Å². The number of hydrogen-bond acceptors (Lipinski definition) is 6. The number of fused-ring (bicyclic) bond motifs is 1. The van der Waals surface area contributed by atoms with E-state index in [1.54, 1.807) is 4.90 Å². The van der Waals surface area contributed by atoms with E-state index in [2.05, 4.69) is 61.8 Å². The summed E-state index contributed by atoms with van der Waals surface area (Å²) in [6, 6.07) is 16.2. The van der Waals surface area contributed by atoms with E-state index in [1.165, 1.54) is 0 Å². The number of H-pyrrole nitrogens is 1. The number of nitrogens with one attached hydrogen (secondary N) is 1. The molecule has 8 nitrogen and oxygen atoms in total. The second-order valence-electron chi connectivity index (χ2n) is 7.83. The number of carbonyl (C=O) groups is 1. The van der Waals surface area contributed by atoms with Crippen LogP contribution in [0.25, 0.3) is 22.5 Å². The van der Waals surface area contributed by atoms with Crippen molar-refractivity contribution in [1.82, 2.24) is 30.6 Å². The highest BCUT2D eigenvalue weighted by molar-refractivity contribution is 5.95. The van der Waals surface area contributed by atoms with Crippen LogP contribution in [0.5, 0.6) is 0 Å². The third kappa shape index (κ3) is 3.64. The molecule has 1 amide bonds. The van der Waals surface area contributed by atoms with Crippen molar-refractivity contribution in [3.63, 3.8) is 0 Å². The van der Waals surface area contributed by atoms with Crippen LogP contribution in [-0.4, -0.2) is 36.5 Å². The highest BCUT2D eigenvalue weighted by Gasteiger charge is 2.28. The molecule has 1 aliphatic rings. The van der Waals surface area contributed by atoms with Gasteiger partial charge in [-0.15, -0.1) is 10.2 Å². The van der Waals surface area contributed by atoms with Crippen LogP contribution in [0.2, 0.25) is 0 Å². The zero-order valence-electron chi connectivity index (χ0n) is 18.0. The van der Waals surface area contributed by atoms with Gasteiger partial charge in [-0.05, 0) is 41.7 Å². The summed E-state index contributed by atoms with van der Waals surface area (Å²) < 4.78 is 0. The molecule has 0 saturated heterocycles. The van der Waals surface area contributed by atoms with Gasteiger partial charge in [0.1, 0.15) is 11.6 Å². The van der Waals surface area contributed by atoms with Crippen molar-refractivity contribution < 1.29 is 4.79 Å². The first-order valence-corrected chi connectivity index (χ1v) is 10.7. The molecule has 5 rings (SSSR count). The van der Waals surface area contributed by atoms with Crippen molar-refractivity contribution in [1.29, 1.82) is 0 Å². The summed E-state index contributed by atoms with van der Waals surface area (Å²) in [5.74, 6) is 2.12. The fourth-order valence-electron chi connectivity index (χ4n) is 4.24. The monoisotopic (exact) mass is 425 g/mol. The fourth-order valence-corrected chi connectivity index (χ4v) is 4.24. The van der Waals surface area contributed by atoms with Crippen LogP contribution >= 0.6 is 0 Å². The van der Waals surface area contributed by atoms with Gasteiger partial charge in [-0.3, -0.25) is 9.69 Å². The minimum atomic E-state index is 0.101. The Kier molecular flexibility index (Phi) is 5.18. The summed E-state index contributed by atoms with van der Waals surface area (Å²) >= 11 is 0. The summed E-state index contributed by atoms with van der Waals surface area (Å²) in [6.45, 7) is 4.46. The number of hydrogen-bond donors (Lipinski definition) is 1. The van der Waals surface area contributed by atoms with Crippen molar-refractivity contribution in [2.45, 2.75) is 39.7 Å². The highest BCUT2D eigenvalue weighted by Crippen LogP contribution is 2.32. The molecule has 0 saturated carbocycles. The van der Waals surface area contributed by atoms with Crippen molar-refractivity contribution >= 4 is 11.7 Å². The van der Waals surface area contributed by atoms with Crippen LogP contribution in [0.1, 0.15) is 36.0 Å². The van der Waals surface area contributed by atoms with Crippen molar-refractivity contribution in [3.8, 4) is 22.5 Å². The molecule has 2 aromatic heterocycles. The number of aryl methyl sites for hydroxylation is 2. The lowest BCUT2D eigenvalue weighted by Gasteiger charge is -2.29. The van der Waals surface area contributed by atoms with Gasteiger partial charge in [0.05, 0.1) is 6.54 Å². The van der Waals surface area contributed by atoms with Crippen molar-refractivity contribution in [2.75, 3.05) is 4.90 Å². The zero-order valence-corrected chi connectivity index (χ0v) is 18.0. The van der Waals surface area contributed by atoms with E-state index < -0.39 is 0 Å². The normalized spacial score (nSPS) is 13.3. The van der Waals surface area contributed by atoms with Crippen LogP contribution in [0, 0.1) is 6.92 Å². The van der Waals surface area contributed by atoms with E-state index in [1.807, 2.05) is 31.2 Å². The first kappa shape index (κ1) is 20.0. The molecular formula is C24H23N7O. The molecule has 32 heavy (non-hydrogen) atoms. The maximum atomic E-state index is 12.8. The van der Waals surface area contributed by atoms with Crippen LogP contribution in [0.4, 0.5) is 5.82 Å². The van der Waals surface area contributed by atoms with Crippen molar-refractivity contribution in [2.24, 2.45) is 0 Å². The smallest absolute Gasteiger partial charge is 0.228 e. The Labute approximate surface area is 185 Å². The third-order valence-corrected chi connectivity index (χ3v) is 5.78. The minimum Gasteiger partial charge on any atom is -0.292 e. The molecule has 2 aromatic carbocycles. The van der Waals surface area contributed by atoms with Gasteiger partial charge in [0, 0.05) is 23.2 Å². The number of carbonyl (C=O) groups excluding carboxylic acids is 1. The van der Waals surface area contributed by atoms with Gasteiger partial charge >= 0.3 is 0 Å². The number of anilines is 1. The second kappa shape index (κ2) is 8.30. The zero-order chi connectivity index (χ0) is 22.1. The topological polar surface area (TPSA) is 101 Å². The van der Waals surface area contributed by atoms with Crippen LogP contribution in [0.3, 0.4) is 0 Å². The Balaban J connectivity index is 1.45. The number of amides is 1. The lowest BCUT2D eigenvalue weighted by molar-refractivity contribution is -0.119. The molecule has 3 heterocycles. The Bertz CT molecular complexity index is 1270. The van der Waals surface area contributed by atoms with E-state index in [0.717, 1.165) is 45.7 Å². The van der Waals surface area contributed by atoms with E-state index in [4.69, 9.17) is 0 Å². The fraction of sp³-hybridized carbons (Fsp3) is 0.250. The predicted octanol–water partition coefficient (Wildman–Crippen LogP) is 3.67. The Morgan fingerprint density at radius 3 is 2.50 bits per heavy atom. The number of aromatic nitrogens is 6. The van der Waals surface area contributed by atoms with Crippen LogP contribution < -0.4 is 4.90 Å². The summed E-state index contributed by atoms with van der Waals surface area (Å²) in [5, 5.41) is 14.4. The average molecular weight is 425 g/mol. The van der Waals surface area contributed by atoms with Gasteiger partial charge in [0.2, 0.25) is 11.7 Å². The van der Waals surface area contributed by atoms with Gasteiger partial charge in [-0.1, -0.05) is 55.5 Å². The lowest BCUT2D eigenvalue weighted by Crippen LogP contribution is -2.36. The first-order chi connectivity index (χ1) is 15.6. The number of benzene rings is 2. The van der Waals surface area contributed by atoms with Gasteiger partial charge in [0.15, 0.2) is 0 Å². The largest absolute Gasteiger partial charge is 0.292 e. The second-order valence-corrected chi connectivity index (χ2v) is 7.83. The Morgan fingerprint density at radius 1 is 1.00 bits per heavy atom. The molecule has 1 aliphatic heterocycles. The van der Waals surface area contributed by atoms with Crippen LogP contribution in [0.15, 0.2) is 48.5 Å². The maximum absolute atomic E-state index is 12.8. The maximum Gasteiger partial charge on any atom is 0.228 e. The number of tetrazole rings is 1. The third-order valence-electron chi connectivity index (χ3n) is 5.78. The van der Waals surface area contributed by atoms with Gasteiger partial charge in [-0.2, -0.15) is 5.21 Å². The lowest BCUT2D eigenvalue weighted by atomic mass is 9.97. The molecule has 8 heteroatoms. The predicted molar refractivity (Wildman–Crippen MR) is 121 cm³/mol. The first-order valence-electron chi connectivity index (χ1n) is 10.7. The van der Waals surface area contributed by atoms with E-state index in [0.29, 0.717) is 31.0 Å². The quantitative estimate of drug-likeness (QED) is 0.524. The van der Waals surface area contributed by atoms with E-state index >= 15 is 0 Å². The van der Waals surface area contributed by atoms with E-state index in [-0.39, 0.29) is 5.91 Å². The highest BCUT2D eigenvalue weighted by atomic mass is 16.2. The Morgan fingerprint density at radius 2 is 1.78 bits per heavy atom. The summed E-state index contributed by atoms with van der Waals surface area (Å²) in [4.78, 5) is 23.8. The average Bonchev–Trinajstić information content (AvgIpc) is 3.36. The molecule has 4 aromatic rings. The van der Waals surface area contributed by atoms with Gasteiger partial charge in [0.25, 0.3) is 0 Å². The molecule has 1 N–H and O–H groups in total.